The number of carbonyl (C=O) groups excluding carboxylic acids is 1. The molecule has 0 fully saturated rings. The van der Waals surface area contributed by atoms with E-state index in [9.17, 15) is 4.79 Å². The highest BCUT2D eigenvalue weighted by Crippen LogP contribution is 1.76. The molecule has 40 valence electrons. The normalized spacial score (nSPS) is 17.5. The highest BCUT2D eigenvalue weighted by molar-refractivity contribution is 7.81. The molecule has 0 amide bonds. The first-order valence-electron chi connectivity index (χ1n) is 2.15. The van der Waals surface area contributed by atoms with E-state index in [0.29, 0.717) is 0 Å². The first-order valence-corrected chi connectivity index (χ1v) is 2.56. The van der Waals surface area contributed by atoms with E-state index >= 15 is 0 Å². The van der Waals surface area contributed by atoms with Gasteiger partial charge in [0.2, 0.25) is 0 Å². The third-order valence-electron chi connectivity index (χ3n) is 0.782. The Morgan fingerprint density at radius 1 is 1.62 bits per heavy atom. The Hall–Kier alpha value is -0.830. The van der Waals surface area contributed by atoms with Crippen LogP contribution in [0, 0.1) is 0 Å². The summed E-state index contributed by atoms with van der Waals surface area (Å²) < 4.78 is 0. The van der Waals surface area contributed by atoms with Crippen molar-refractivity contribution in [3.8, 4) is 0 Å². The van der Waals surface area contributed by atoms with Crippen LogP contribution in [0.1, 0.15) is 0 Å². The molecule has 2 nitrogen and oxygen atoms in total. The summed E-state index contributed by atoms with van der Waals surface area (Å²) in [6, 6.07) is 0. The Bertz CT molecular complexity index is 171. The topological polar surface area (TPSA) is 31.0 Å². The smallest absolute Gasteiger partial charge is 0.281 e. The molecular weight excluding hydrogens is 122 g/mol. The van der Waals surface area contributed by atoms with E-state index in [0.717, 1.165) is 0 Å². The third-order valence-corrected chi connectivity index (χ3v) is 1.10. The standard InChI is InChI=1S/C5H3NOS/c7-4-2-1-3-6-5(4)8/h1-3H/p+1. The van der Waals surface area contributed by atoms with Crippen molar-refractivity contribution in [2.75, 3.05) is 0 Å². The molecule has 1 heterocycles. The van der Waals surface area contributed by atoms with Gasteiger partial charge >= 0.3 is 4.99 Å². The Kier molecular flexibility index (Phi) is 1.30. The van der Waals surface area contributed by atoms with Crippen LogP contribution < -0.4 is 4.99 Å². The van der Waals surface area contributed by atoms with Gasteiger partial charge in [-0.25, -0.2) is 0 Å². The van der Waals surface area contributed by atoms with E-state index in [1.807, 2.05) is 0 Å². The molecule has 0 radical (unpaired) electrons. The Morgan fingerprint density at radius 3 is 2.75 bits per heavy atom. The zero-order valence-corrected chi connectivity index (χ0v) is 4.87. The van der Waals surface area contributed by atoms with Crippen molar-refractivity contribution in [2.24, 2.45) is 0 Å². The van der Waals surface area contributed by atoms with E-state index < -0.39 is 0 Å². The van der Waals surface area contributed by atoms with Gasteiger partial charge in [-0.1, -0.05) is 0 Å². The van der Waals surface area contributed by atoms with Gasteiger partial charge in [0.15, 0.2) is 6.21 Å². The molecule has 0 unspecified atom stereocenters. The van der Waals surface area contributed by atoms with E-state index in [1.165, 1.54) is 6.08 Å². The zero-order chi connectivity index (χ0) is 5.98. The fraction of sp³-hybridized carbons (Fsp3) is 0. The highest BCUT2D eigenvalue weighted by Gasteiger charge is 2.10. The van der Waals surface area contributed by atoms with Crippen LogP contribution in [0.3, 0.4) is 0 Å². The first-order chi connectivity index (χ1) is 3.80. The number of hydrogen-bond donors (Lipinski definition) is 1. The van der Waals surface area contributed by atoms with Crippen molar-refractivity contribution in [1.29, 1.82) is 0 Å². The lowest BCUT2D eigenvalue weighted by molar-refractivity contribution is -0.302. The van der Waals surface area contributed by atoms with Crippen molar-refractivity contribution in [3.63, 3.8) is 0 Å². The summed E-state index contributed by atoms with van der Waals surface area (Å²) >= 11 is 4.59. The Balaban J connectivity index is 2.89. The molecule has 0 saturated heterocycles. The Labute approximate surface area is 51.9 Å². The number of ketones is 1. The first kappa shape index (κ1) is 5.31. The van der Waals surface area contributed by atoms with E-state index in [4.69, 9.17) is 0 Å². The van der Waals surface area contributed by atoms with Crippen LogP contribution in [0.15, 0.2) is 12.2 Å². The molecule has 1 rings (SSSR count). The molecule has 0 spiro atoms. The van der Waals surface area contributed by atoms with Crippen LogP contribution in [-0.4, -0.2) is 17.0 Å². The molecule has 0 aromatic heterocycles. The van der Waals surface area contributed by atoms with Crippen LogP contribution in [0.2, 0.25) is 0 Å². The quantitative estimate of drug-likeness (QED) is 0.405. The van der Waals surface area contributed by atoms with Gasteiger partial charge in [0.25, 0.3) is 5.78 Å². The summed E-state index contributed by atoms with van der Waals surface area (Å²) in [5.41, 5.74) is 0. The fourth-order valence-electron chi connectivity index (χ4n) is 0.406. The van der Waals surface area contributed by atoms with E-state index in [1.54, 1.807) is 12.3 Å². The van der Waals surface area contributed by atoms with Gasteiger partial charge in [0.05, 0.1) is 0 Å². The molecule has 0 aromatic rings. The lowest BCUT2D eigenvalue weighted by Gasteiger charge is -1.84. The summed E-state index contributed by atoms with van der Waals surface area (Å²) in [5, 5.41) is 0. The van der Waals surface area contributed by atoms with Crippen LogP contribution in [0.4, 0.5) is 0 Å². The molecule has 3 heteroatoms. The molecule has 1 aliphatic rings. The monoisotopic (exact) mass is 126 g/mol. The Morgan fingerprint density at radius 2 is 2.38 bits per heavy atom. The van der Waals surface area contributed by atoms with Gasteiger partial charge in [0, 0.05) is 6.08 Å². The van der Waals surface area contributed by atoms with Crippen molar-refractivity contribution in [1.82, 2.24) is 0 Å². The highest BCUT2D eigenvalue weighted by atomic mass is 32.1. The van der Waals surface area contributed by atoms with Crippen molar-refractivity contribution in [3.05, 3.63) is 12.2 Å². The molecular formula is C5H4NOS+. The lowest BCUT2D eigenvalue weighted by atomic mass is 10.3. The predicted molar refractivity (Wildman–Crippen MR) is 33.8 cm³/mol. The van der Waals surface area contributed by atoms with Crippen molar-refractivity contribution >= 4 is 29.2 Å². The fourth-order valence-corrected chi connectivity index (χ4v) is 0.542. The number of allylic oxidation sites excluding steroid dienone is 1. The maximum Gasteiger partial charge on any atom is 0.317 e. The van der Waals surface area contributed by atoms with Crippen molar-refractivity contribution in [2.45, 2.75) is 0 Å². The van der Waals surface area contributed by atoms with Gasteiger partial charge in [0.1, 0.15) is 0 Å². The summed E-state index contributed by atoms with van der Waals surface area (Å²) in [6.07, 6.45) is 4.68. The van der Waals surface area contributed by atoms with Gasteiger partial charge in [-0.2, -0.15) is 4.99 Å². The van der Waals surface area contributed by atoms with Gasteiger partial charge in [-0.3, -0.25) is 4.79 Å². The van der Waals surface area contributed by atoms with Crippen molar-refractivity contribution < 1.29 is 9.79 Å². The molecule has 0 atom stereocenters. The van der Waals surface area contributed by atoms with E-state index in [2.05, 4.69) is 17.2 Å². The van der Waals surface area contributed by atoms with Gasteiger partial charge < -0.3 is 0 Å². The molecule has 0 aromatic carbocycles. The SMILES string of the molecule is O=C1C=CC=[NH+]C1=S. The summed E-state index contributed by atoms with van der Waals surface area (Å²) in [7, 11) is 0. The summed E-state index contributed by atoms with van der Waals surface area (Å²) in [4.78, 5) is 13.4. The van der Waals surface area contributed by atoms with Crippen LogP contribution >= 0.6 is 12.2 Å². The molecule has 1 N–H and O–H groups in total. The molecule has 0 saturated carbocycles. The molecule has 8 heavy (non-hydrogen) atoms. The maximum atomic E-state index is 10.5. The number of hydrogen-bond acceptors (Lipinski definition) is 2. The second-order valence-electron chi connectivity index (χ2n) is 1.36. The van der Waals surface area contributed by atoms with Crippen LogP contribution in [0.25, 0.3) is 0 Å². The van der Waals surface area contributed by atoms with Gasteiger partial charge in [-0.15, -0.1) is 0 Å². The maximum absolute atomic E-state index is 10.5. The predicted octanol–water partition coefficient (Wildman–Crippen LogP) is -1.40. The minimum atomic E-state index is -0.123. The number of thiocarbonyl (C=S) groups is 1. The van der Waals surface area contributed by atoms with Crippen LogP contribution in [-0.2, 0) is 4.79 Å². The second-order valence-corrected chi connectivity index (χ2v) is 1.77. The summed E-state index contributed by atoms with van der Waals surface area (Å²) in [5.74, 6) is -0.123. The average molecular weight is 126 g/mol. The number of carbonyl (C=O) groups is 1. The minimum Gasteiger partial charge on any atom is -0.281 e. The average Bonchev–Trinajstić information content (AvgIpc) is 1.77. The number of nitrogens with one attached hydrogen (secondary N) is 1. The zero-order valence-electron chi connectivity index (χ0n) is 4.05. The third kappa shape index (κ3) is 0.869. The van der Waals surface area contributed by atoms with Crippen LogP contribution in [0.5, 0.6) is 0 Å². The summed E-state index contributed by atoms with van der Waals surface area (Å²) in [6.45, 7) is 0. The van der Waals surface area contributed by atoms with E-state index in [-0.39, 0.29) is 10.8 Å². The molecule has 1 aliphatic heterocycles. The number of rotatable bonds is 0. The molecule has 0 aliphatic carbocycles. The second kappa shape index (κ2) is 1.96. The molecule has 0 bridgehead atoms. The lowest BCUT2D eigenvalue weighted by Crippen LogP contribution is -2.76. The largest absolute Gasteiger partial charge is 0.317 e. The minimum absolute atomic E-state index is 0.123. The van der Waals surface area contributed by atoms with Gasteiger partial charge in [-0.05, 0) is 18.3 Å².